The molecule has 1 N–H and O–H groups in total. The molecule has 1 atom stereocenters. The molecule has 26 heavy (non-hydrogen) atoms. The Bertz CT molecular complexity index is 913. The van der Waals surface area contributed by atoms with Crippen LogP contribution in [0.5, 0.6) is 0 Å². The maximum atomic E-state index is 11.9. The molecule has 134 valence electrons. The number of aromatic amines is 1. The van der Waals surface area contributed by atoms with E-state index in [-0.39, 0.29) is 5.41 Å². The van der Waals surface area contributed by atoms with E-state index in [2.05, 4.69) is 26.2 Å². The van der Waals surface area contributed by atoms with Crippen molar-refractivity contribution >= 4 is 11.8 Å². The van der Waals surface area contributed by atoms with E-state index in [1.807, 2.05) is 6.20 Å². The standard InChI is InChI=1S/C19H21N5O2/c1-12-15(18(25)26-2)8-14(9-20)17(22-12)24-7-3-5-19(11-24)6-4-13-10-21-23-16(13)19/h8,10H,3-7,11H2,1-2H3,(H,21,23). The summed E-state index contributed by atoms with van der Waals surface area (Å²) in [7, 11) is 1.33. The van der Waals surface area contributed by atoms with Crippen molar-refractivity contribution in [2.45, 2.75) is 38.0 Å². The molecule has 0 aromatic carbocycles. The second-order valence-corrected chi connectivity index (χ2v) is 7.17. The monoisotopic (exact) mass is 351 g/mol. The predicted molar refractivity (Wildman–Crippen MR) is 95.1 cm³/mol. The highest BCUT2D eigenvalue weighted by atomic mass is 16.5. The molecule has 1 aliphatic carbocycles. The average molecular weight is 351 g/mol. The van der Waals surface area contributed by atoms with Crippen LogP contribution in [-0.4, -0.2) is 41.3 Å². The van der Waals surface area contributed by atoms with Gasteiger partial charge in [0, 0.05) is 24.2 Å². The molecule has 2 aromatic rings. The lowest BCUT2D eigenvalue weighted by molar-refractivity contribution is 0.0599. The third kappa shape index (κ3) is 2.45. The maximum absolute atomic E-state index is 11.9. The third-order valence-corrected chi connectivity index (χ3v) is 5.72. The van der Waals surface area contributed by atoms with Crippen molar-refractivity contribution in [1.82, 2.24) is 15.2 Å². The lowest BCUT2D eigenvalue weighted by atomic mass is 9.77. The van der Waals surface area contributed by atoms with Gasteiger partial charge < -0.3 is 9.64 Å². The quantitative estimate of drug-likeness (QED) is 0.834. The van der Waals surface area contributed by atoms with Crippen LogP contribution in [0.2, 0.25) is 0 Å². The predicted octanol–water partition coefficient (Wildman–Crippen LogP) is 2.26. The van der Waals surface area contributed by atoms with Crippen LogP contribution >= 0.6 is 0 Å². The summed E-state index contributed by atoms with van der Waals surface area (Å²) < 4.78 is 4.80. The average Bonchev–Trinajstić information content (AvgIpc) is 3.26. The molecule has 3 heterocycles. The van der Waals surface area contributed by atoms with Crippen molar-refractivity contribution in [3.05, 3.63) is 40.3 Å². The number of rotatable bonds is 2. The summed E-state index contributed by atoms with van der Waals surface area (Å²) in [6, 6.07) is 3.80. The topological polar surface area (TPSA) is 94.9 Å². The lowest BCUT2D eigenvalue weighted by Crippen LogP contribution is -2.46. The van der Waals surface area contributed by atoms with E-state index in [1.165, 1.54) is 18.4 Å². The molecule has 1 fully saturated rings. The van der Waals surface area contributed by atoms with Crippen LogP contribution in [0.25, 0.3) is 0 Å². The molecule has 0 amide bonds. The molecule has 7 nitrogen and oxygen atoms in total. The van der Waals surface area contributed by atoms with Crippen LogP contribution in [0, 0.1) is 18.3 Å². The Morgan fingerprint density at radius 2 is 2.31 bits per heavy atom. The molecule has 4 rings (SSSR count). The van der Waals surface area contributed by atoms with Gasteiger partial charge in [-0.25, -0.2) is 9.78 Å². The Labute approximate surface area is 152 Å². The first-order valence-electron chi connectivity index (χ1n) is 8.86. The smallest absolute Gasteiger partial charge is 0.339 e. The molecule has 1 spiro atoms. The summed E-state index contributed by atoms with van der Waals surface area (Å²) in [5.74, 6) is 0.191. The van der Waals surface area contributed by atoms with Crippen LogP contribution in [-0.2, 0) is 16.6 Å². The van der Waals surface area contributed by atoms with Crippen LogP contribution in [0.3, 0.4) is 0 Å². The number of H-pyrrole nitrogens is 1. The molecule has 7 heteroatoms. The van der Waals surface area contributed by atoms with Crippen LogP contribution in [0.15, 0.2) is 12.3 Å². The van der Waals surface area contributed by atoms with Crippen molar-refractivity contribution in [3.8, 4) is 6.07 Å². The molecular formula is C19H21N5O2. The van der Waals surface area contributed by atoms with E-state index < -0.39 is 5.97 Å². The van der Waals surface area contributed by atoms with Gasteiger partial charge in [0.05, 0.1) is 30.1 Å². The van der Waals surface area contributed by atoms with Gasteiger partial charge in [-0.05, 0) is 44.2 Å². The Morgan fingerprint density at radius 3 is 3.08 bits per heavy atom. The zero-order valence-corrected chi connectivity index (χ0v) is 15.0. The van der Waals surface area contributed by atoms with E-state index in [0.717, 1.165) is 38.8 Å². The fourth-order valence-corrected chi connectivity index (χ4v) is 4.41. The fraction of sp³-hybridized carbons (Fsp3) is 0.474. The molecule has 2 aromatic heterocycles. The molecule has 1 aliphatic heterocycles. The highest BCUT2D eigenvalue weighted by molar-refractivity contribution is 5.91. The van der Waals surface area contributed by atoms with Gasteiger partial charge in [0.15, 0.2) is 0 Å². The maximum Gasteiger partial charge on any atom is 0.339 e. The Kier molecular flexibility index (Phi) is 3.91. The minimum absolute atomic E-state index is 0.0490. The number of hydrogen-bond donors (Lipinski definition) is 1. The Balaban J connectivity index is 1.71. The summed E-state index contributed by atoms with van der Waals surface area (Å²) in [4.78, 5) is 18.7. The number of ether oxygens (including phenoxy) is 1. The van der Waals surface area contributed by atoms with E-state index >= 15 is 0 Å². The number of esters is 1. The lowest BCUT2D eigenvalue weighted by Gasteiger charge is -2.41. The number of fused-ring (bicyclic) bond motifs is 2. The summed E-state index contributed by atoms with van der Waals surface area (Å²) in [6.07, 6.45) is 6.20. The Morgan fingerprint density at radius 1 is 1.46 bits per heavy atom. The normalized spacial score (nSPS) is 21.5. The third-order valence-electron chi connectivity index (χ3n) is 5.72. The van der Waals surface area contributed by atoms with Crippen LogP contribution in [0.1, 0.15) is 52.1 Å². The minimum atomic E-state index is -0.467. The summed E-state index contributed by atoms with van der Waals surface area (Å²) in [6.45, 7) is 3.43. The molecule has 0 saturated carbocycles. The van der Waals surface area contributed by atoms with Crippen LogP contribution in [0.4, 0.5) is 5.82 Å². The number of carbonyl (C=O) groups is 1. The van der Waals surface area contributed by atoms with E-state index in [9.17, 15) is 10.1 Å². The number of hydrogen-bond acceptors (Lipinski definition) is 6. The fourth-order valence-electron chi connectivity index (χ4n) is 4.41. The van der Waals surface area contributed by atoms with Gasteiger partial charge in [-0.2, -0.15) is 10.4 Å². The zero-order chi connectivity index (χ0) is 18.3. The number of methoxy groups -OCH3 is 1. The molecule has 0 radical (unpaired) electrons. The summed E-state index contributed by atoms with van der Waals surface area (Å²) in [5, 5.41) is 17.0. The number of nitrogens with one attached hydrogen (secondary N) is 1. The minimum Gasteiger partial charge on any atom is -0.465 e. The molecule has 2 aliphatic rings. The van der Waals surface area contributed by atoms with E-state index in [0.29, 0.717) is 22.6 Å². The van der Waals surface area contributed by atoms with Gasteiger partial charge in [0.2, 0.25) is 0 Å². The number of pyridine rings is 1. The first-order chi connectivity index (χ1) is 12.6. The second kappa shape index (κ2) is 6.13. The molecular weight excluding hydrogens is 330 g/mol. The van der Waals surface area contributed by atoms with Crippen molar-refractivity contribution in [2.24, 2.45) is 0 Å². The summed E-state index contributed by atoms with van der Waals surface area (Å²) >= 11 is 0. The van der Waals surface area contributed by atoms with Crippen molar-refractivity contribution in [3.63, 3.8) is 0 Å². The van der Waals surface area contributed by atoms with Crippen molar-refractivity contribution in [1.29, 1.82) is 5.26 Å². The van der Waals surface area contributed by atoms with Gasteiger partial charge >= 0.3 is 5.97 Å². The zero-order valence-electron chi connectivity index (χ0n) is 15.0. The van der Waals surface area contributed by atoms with Gasteiger partial charge in [-0.3, -0.25) is 5.10 Å². The number of aromatic nitrogens is 3. The van der Waals surface area contributed by atoms with Crippen LogP contribution < -0.4 is 4.90 Å². The van der Waals surface area contributed by atoms with E-state index in [1.54, 1.807) is 13.0 Å². The molecule has 1 unspecified atom stereocenters. The SMILES string of the molecule is COC(=O)c1cc(C#N)c(N2CCCC3(CCc4cn[nH]c43)C2)nc1C. The Hall–Kier alpha value is -2.88. The summed E-state index contributed by atoms with van der Waals surface area (Å²) in [5.41, 5.74) is 3.93. The van der Waals surface area contributed by atoms with Gasteiger partial charge in [-0.15, -0.1) is 0 Å². The first-order valence-corrected chi connectivity index (χ1v) is 8.86. The van der Waals surface area contributed by atoms with Crippen molar-refractivity contribution in [2.75, 3.05) is 25.1 Å². The number of aryl methyl sites for hydroxylation is 2. The van der Waals surface area contributed by atoms with Gasteiger partial charge in [-0.1, -0.05) is 0 Å². The first kappa shape index (κ1) is 16.6. The van der Waals surface area contributed by atoms with Gasteiger partial charge in [0.1, 0.15) is 11.9 Å². The molecule has 1 saturated heterocycles. The van der Waals surface area contributed by atoms with E-state index in [4.69, 9.17) is 4.74 Å². The highest BCUT2D eigenvalue weighted by Gasteiger charge is 2.44. The highest BCUT2D eigenvalue weighted by Crippen LogP contribution is 2.44. The second-order valence-electron chi connectivity index (χ2n) is 7.17. The van der Waals surface area contributed by atoms with Crippen molar-refractivity contribution < 1.29 is 9.53 Å². The van der Waals surface area contributed by atoms with Gasteiger partial charge in [0.25, 0.3) is 0 Å². The number of anilines is 1. The number of nitriles is 1. The largest absolute Gasteiger partial charge is 0.465 e. The number of carbonyl (C=O) groups excluding carboxylic acids is 1. The number of piperidine rings is 1. The molecule has 0 bridgehead atoms. The number of nitrogens with zero attached hydrogens (tertiary/aromatic N) is 4.